The highest BCUT2D eigenvalue weighted by Gasteiger charge is 2.09. The summed E-state index contributed by atoms with van der Waals surface area (Å²) in [6.07, 6.45) is 5.23. The monoisotopic (exact) mass is 171 g/mol. The molecule has 13 heavy (non-hydrogen) atoms. The number of aromatic amines is 2. The summed E-state index contributed by atoms with van der Waals surface area (Å²) in [5.41, 5.74) is 3.87. The second kappa shape index (κ2) is 2.26. The van der Waals surface area contributed by atoms with Crippen molar-refractivity contribution in [3.63, 3.8) is 0 Å². The van der Waals surface area contributed by atoms with Gasteiger partial charge in [0.05, 0.1) is 5.52 Å². The van der Waals surface area contributed by atoms with Gasteiger partial charge in [-0.2, -0.15) is 0 Å². The molecule has 62 valence electrons. The number of rotatable bonds is 0. The Kier molecular flexibility index (Phi) is 1.14. The van der Waals surface area contributed by atoms with Crippen LogP contribution in [0.5, 0.6) is 0 Å². The number of benzene rings is 1. The van der Waals surface area contributed by atoms with Gasteiger partial charge in [-0.05, 0) is 17.1 Å². The van der Waals surface area contributed by atoms with Crippen LogP contribution < -0.4 is 4.98 Å². The third-order valence-electron chi connectivity index (χ3n) is 2.09. The Morgan fingerprint density at radius 2 is 2.23 bits per heavy atom. The van der Waals surface area contributed by atoms with Gasteiger partial charge in [-0.15, -0.1) is 0 Å². The fourth-order valence-corrected chi connectivity index (χ4v) is 1.49. The van der Waals surface area contributed by atoms with Crippen LogP contribution in [0.4, 0.5) is 0 Å². The lowest BCUT2D eigenvalue weighted by atomic mass is 10.2. The number of fused-ring (bicyclic) bond motifs is 3. The van der Waals surface area contributed by atoms with E-state index < -0.39 is 0 Å². The van der Waals surface area contributed by atoms with E-state index in [-0.39, 0.29) is 0 Å². The van der Waals surface area contributed by atoms with Crippen molar-refractivity contribution >= 4 is 22.1 Å². The van der Waals surface area contributed by atoms with Crippen LogP contribution in [0.15, 0.2) is 30.9 Å². The highest BCUT2D eigenvalue weighted by Crippen LogP contribution is 2.15. The molecule has 2 N–H and O–H groups in total. The Labute approximate surface area is 73.7 Å². The predicted molar refractivity (Wildman–Crippen MR) is 48.0 cm³/mol. The van der Waals surface area contributed by atoms with E-state index in [4.69, 9.17) is 0 Å². The second-order valence-electron chi connectivity index (χ2n) is 2.85. The summed E-state index contributed by atoms with van der Waals surface area (Å²) in [4.78, 5) is 14.6. The first kappa shape index (κ1) is 6.54. The van der Waals surface area contributed by atoms with E-state index in [2.05, 4.69) is 19.9 Å². The molecule has 0 radical (unpaired) electrons. The zero-order valence-electron chi connectivity index (χ0n) is 6.78. The summed E-state index contributed by atoms with van der Waals surface area (Å²) in [6, 6.07) is 3.94. The smallest absolute Gasteiger partial charge is 0.285 e. The largest absolute Gasteiger partial charge is 0.358 e. The number of nitrogens with zero attached hydrogens (tertiary/aromatic N) is 2. The first-order chi connectivity index (χ1) is 6.45. The van der Waals surface area contributed by atoms with Crippen molar-refractivity contribution in [2.24, 2.45) is 0 Å². The Morgan fingerprint density at radius 3 is 3.23 bits per heavy atom. The third kappa shape index (κ3) is 0.823. The molecule has 0 aliphatic heterocycles. The van der Waals surface area contributed by atoms with E-state index in [0.717, 1.165) is 22.1 Å². The summed E-state index contributed by atoms with van der Waals surface area (Å²) in [5, 5.41) is 0. The molecule has 1 aromatic carbocycles. The summed E-state index contributed by atoms with van der Waals surface area (Å²) in [7, 11) is 0. The normalized spacial score (nSPS) is 11.1. The molecule has 0 amide bonds. The molecule has 3 rings (SSSR count). The lowest BCUT2D eigenvalue weighted by Gasteiger charge is -1.93. The van der Waals surface area contributed by atoms with E-state index in [9.17, 15) is 0 Å². The van der Waals surface area contributed by atoms with Crippen LogP contribution in [0.2, 0.25) is 0 Å². The number of hydrogen-bond donors (Lipinski definition) is 1. The molecule has 0 bridgehead atoms. The summed E-state index contributed by atoms with van der Waals surface area (Å²) in [6.45, 7) is 0. The van der Waals surface area contributed by atoms with Gasteiger partial charge in [-0.1, -0.05) is 0 Å². The fraction of sp³-hybridized carbons (Fsp3) is 0. The summed E-state index contributed by atoms with van der Waals surface area (Å²) in [5.74, 6) is 0. The molecule has 2 aromatic heterocycles. The minimum Gasteiger partial charge on any atom is -0.358 e. The van der Waals surface area contributed by atoms with Gasteiger partial charge in [0.25, 0.3) is 6.33 Å². The molecule has 0 saturated heterocycles. The van der Waals surface area contributed by atoms with Crippen molar-refractivity contribution < 1.29 is 4.98 Å². The maximum absolute atomic E-state index is 4.28. The van der Waals surface area contributed by atoms with Crippen LogP contribution in [-0.2, 0) is 0 Å². The Hall–Kier alpha value is -1.97. The van der Waals surface area contributed by atoms with Gasteiger partial charge in [0, 0.05) is 12.4 Å². The lowest BCUT2D eigenvalue weighted by molar-refractivity contribution is -0.343. The molecule has 2 heterocycles. The number of aromatic nitrogens is 4. The third-order valence-corrected chi connectivity index (χ3v) is 2.09. The van der Waals surface area contributed by atoms with E-state index in [1.807, 2.05) is 18.3 Å². The molecule has 0 atom stereocenters. The molecular weight excluding hydrogens is 164 g/mol. The average molecular weight is 171 g/mol. The van der Waals surface area contributed by atoms with Crippen molar-refractivity contribution in [1.82, 2.24) is 15.0 Å². The topological polar surface area (TPSA) is 55.7 Å². The second-order valence-corrected chi connectivity index (χ2v) is 2.85. The first-order valence-corrected chi connectivity index (χ1v) is 4.03. The maximum Gasteiger partial charge on any atom is 0.285 e. The number of imidazole rings is 1. The van der Waals surface area contributed by atoms with Gasteiger partial charge < -0.3 is 4.98 Å². The maximum atomic E-state index is 4.28. The van der Waals surface area contributed by atoms with Crippen LogP contribution in [0.25, 0.3) is 22.1 Å². The van der Waals surface area contributed by atoms with Crippen molar-refractivity contribution in [2.75, 3.05) is 0 Å². The van der Waals surface area contributed by atoms with Gasteiger partial charge in [-0.3, -0.25) is 0 Å². The minimum absolute atomic E-state index is 0.928. The van der Waals surface area contributed by atoms with E-state index >= 15 is 0 Å². The van der Waals surface area contributed by atoms with Gasteiger partial charge in [0.15, 0.2) is 0 Å². The van der Waals surface area contributed by atoms with Crippen LogP contribution in [0, 0.1) is 0 Å². The first-order valence-electron chi connectivity index (χ1n) is 4.03. The molecular formula is C9H7N4+. The summed E-state index contributed by atoms with van der Waals surface area (Å²) < 4.78 is 0. The molecule has 0 fully saturated rings. The average Bonchev–Trinajstić information content (AvgIpc) is 2.65. The van der Waals surface area contributed by atoms with Crippen LogP contribution in [0.3, 0.4) is 0 Å². The molecule has 4 nitrogen and oxygen atoms in total. The van der Waals surface area contributed by atoms with Gasteiger partial charge in [0.2, 0.25) is 11.0 Å². The van der Waals surface area contributed by atoms with Crippen LogP contribution in [0.1, 0.15) is 0 Å². The van der Waals surface area contributed by atoms with Crippen LogP contribution in [-0.4, -0.2) is 15.0 Å². The highest BCUT2D eigenvalue weighted by molar-refractivity contribution is 5.97. The minimum atomic E-state index is 0.928. The van der Waals surface area contributed by atoms with Crippen LogP contribution >= 0.6 is 0 Å². The lowest BCUT2D eigenvalue weighted by Crippen LogP contribution is -1.96. The van der Waals surface area contributed by atoms with Gasteiger partial charge in [0.1, 0.15) is 5.52 Å². The highest BCUT2D eigenvalue weighted by atomic mass is 14.9. The Bertz CT molecular complexity index is 570. The molecule has 0 saturated carbocycles. The van der Waals surface area contributed by atoms with Crippen molar-refractivity contribution in [3.05, 3.63) is 30.9 Å². The van der Waals surface area contributed by atoms with Crippen molar-refractivity contribution in [3.8, 4) is 0 Å². The van der Waals surface area contributed by atoms with Crippen molar-refractivity contribution in [1.29, 1.82) is 0 Å². The number of nitrogens with one attached hydrogen (secondary N) is 2. The SMILES string of the molecule is c1c[nH]c2ccc3nc[nH+]c3c2n1. The van der Waals surface area contributed by atoms with E-state index in [1.165, 1.54) is 0 Å². The predicted octanol–water partition coefficient (Wildman–Crippen LogP) is 0.925. The number of H-pyrrole nitrogens is 2. The van der Waals surface area contributed by atoms with E-state index in [0.29, 0.717) is 0 Å². The zero-order valence-corrected chi connectivity index (χ0v) is 6.78. The Balaban J connectivity index is 2.65. The summed E-state index contributed by atoms with van der Waals surface area (Å²) >= 11 is 0. The van der Waals surface area contributed by atoms with Gasteiger partial charge >= 0.3 is 0 Å². The molecule has 0 unspecified atom stereocenters. The standard InChI is InChI=1S/C9H6N4/c1-2-7-9(13-5-12-7)8-6(1)10-3-4-11-8/h1-5,10H/p+1. The number of hydrogen-bond acceptors (Lipinski definition) is 2. The molecule has 0 aliphatic carbocycles. The zero-order chi connectivity index (χ0) is 8.67. The van der Waals surface area contributed by atoms with E-state index in [1.54, 1.807) is 12.5 Å². The quantitative estimate of drug-likeness (QED) is 0.547. The molecule has 3 aromatic rings. The molecule has 0 spiro atoms. The fourth-order valence-electron chi connectivity index (χ4n) is 1.49. The molecule has 4 heteroatoms. The van der Waals surface area contributed by atoms with Crippen molar-refractivity contribution in [2.45, 2.75) is 0 Å². The van der Waals surface area contributed by atoms with Gasteiger partial charge in [-0.25, -0.2) is 9.97 Å². The molecule has 0 aliphatic rings. The Morgan fingerprint density at radius 1 is 1.23 bits per heavy atom.